The van der Waals surface area contributed by atoms with Gasteiger partial charge in [-0.1, -0.05) is 84.0 Å². The molecule has 35 heavy (non-hydrogen) atoms. The lowest BCUT2D eigenvalue weighted by molar-refractivity contribution is -0.143. The van der Waals surface area contributed by atoms with E-state index in [2.05, 4.69) is 6.92 Å². The van der Waals surface area contributed by atoms with E-state index in [1.807, 2.05) is 20.8 Å². The first-order valence-corrected chi connectivity index (χ1v) is 17.2. The number of rotatable bonds is 25. The molecule has 1 N–H and O–H groups in total. The van der Waals surface area contributed by atoms with Gasteiger partial charge in [-0.3, -0.25) is 9.35 Å². The molecule has 1 atom stereocenters. The fourth-order valence-electron chi connectivity index (χ4n) is 4.11. The van der Waals surface area contributed by atoms with E-state index in [4.69, 9.17) is 18.0 Å². The van der Waals surface area contributed by atoms with E-state index in [1.165, 1.54) is 51.4 Å². The second-order valence-corrected chi connectivity index (χ2v) is 13.3. The Morgan fingerprint density at radius 2 is 1.14 bits per heavy atom. The van der Waals surface area contributed by atoms with E-state index in [0.717, 1.165) is 19.3 Å². The molecule has 0 amide bonds. The van der Waals surface area contributed by atoms with Gasteiger partial charge in [-0.2, -0.15) is 8.42 Å². The molecule has 0 heterocycles. The van der Waals surface area contributed by atoms with Crippen molar-refractivity contribution in [3.63, 3.8) is 0 Å². The van der Waals surface area contributed by atoms with Crippen LogP contribution in [0.1, 0.15) is 118 Å². The van der Waals surface area contributed by atoms with Gasteiger partial charge in [0.05, 0.1) is 6.61 Å². The summed E-state index contributed by atoms with van der Waals surface area (Å²) in [6.45, 7) is 9.21. The van der Waals surface area contributed by atoms with E-state index in [0.29, 0.717) is 38.7 Å². The Labute approximate surface area is 215 Å². The van der Waals surface area contributed by atoms with E-state index < -0.39 is 30.1 Å². The minimum atomic E-state index is -4.51. The van der Waals surface area contributed by atoms with Crippen molar-refractivity contribution in [2.45, 2.75) is 129 Å². The number of unbranched alkanes of at least 4 members (excludes halogenated alkanes) is 11. The van der Waals surface area contributed by atoms with Gasteiger partial charge in [0.25, 0.3) is 10.1 Å². The molecule has 0 spiro atoms. The zero-order chi connectivity index (χ0) is 26.4. The van der Waals surface area contributed by atoms with Crippen molar-refractivity contribution in [2.75, 3.05) is 26.4 Å². The zero-order valence-electron chi connectivity index (χ0n) is 22.7. The van der Waals surface area contributed by atoms with E-state index in [9.17, 15) is 17.8 Å². The summed E-state index contributed by atoms with van der Waals surface area (Å²) >= 11 is 0. The van der Waals surface area contributed by atoms with Gasteiger partial charge in [0, 0.05) is 25.9 Å². The third-order valence-electron chi connectivity index (χ3n) is 5.91. The summed E-state index contributed by atoms with van der Waals surface area (Å²) < 4.78 is 55.5. The van der Waals surface area contributed by atoms with Gasteiger partial charge < -0.3 is 18.0 Å². The van der Waals surface area contributed by atoms with Crippen molar-refractivity contribution in [3.8, 4) is 0 Å². The van der Waals surface area contributed by atoms with Gasteiger partial charge in [-0.15, -0.1) is 0 Å². The van der Waals surface area contributed by atoms with Crippen LogP contribution in [-0.4, -0.2) is 59.4 Å². The molecule has 8 nitrogen and oxygen atoms in total. The van der Waals surface area contributed by atoms with Crippen LogP contribution in [0, 0.1) is 0 Å². The van der Waals surface area contributed by atoms with Crippen molar-refractivity contribution >= 4 is 24.9 Å². The molecule has 210 valence electrons. The van der Waals surface area contributed by atoms with Crippen molar-refractivity contribution in [3.05, 3.63) is 0 Å². The Balaban J connectivity index is 4.26. The second-order valence-electron chi connectivity index (χ2n) is 8.93. The Hall–Kier alpha value is -0.523. The van der Waals surface area contributed by atoms with Crippen molar-refractivity contribution in [1.82, 2.24) is 0 Å². The summed E-state index contributed by atoms with van der Waals surface area (Å²) in [5.74, 6) is -0.896. The predicted octanol–water partition coefficient (Wildman–Crippen LogP) is 6.32. The van der Waals surface area contributed by atoms with Gasteiger partial charge in [0.1, 0.15) is 0 Å². The maximum atomic E-state index is 12.4. The zero-order valence-corrected chi connectivity index (χ0v) is 24.5. The molecule has 0 saturated carbocycles. The monoisotopic (exact) mass is 540 g/mol. The van der Waals surface area contributed by atoms with Crippen LogP contribution >= 0.6 is 0 Å². The molecule has 0 aliphatic carbocycles. The summed E-state index contributed by atoms with van der Waals surface area (Å²) in [5, 5.41) is -1.53. The number of esters is 1. The lowest BCUT2D eigenvalue weighted by Crippen LogP contribution is -2.46. The fourth-order valence-corrected chi connectivity index (χ4v) is 7.47. The SMILES string of the molecule is CCCCCCCCCCCCCCC(C(=O)OCCC[Si](OCC)(OCC)OCC)S(=O)(=O)O. The van der Waals surface area contributed by atoms with E-state index in [1.54, 1.807) is 0 Å². The van der Waals surface area contributed by atoms with Crippen LogP contribution in [0.15, 0.2) is 0 Å². The van der Waals surface area contributed by atoms with Crippen molar-refractivity contribution < 1.29 is 35.8 Å². The average molecular weight is 541 g/mol. The quantitative estimate of drug-likeness (QED) is 0.0620. The fraction of sp³-hybridized carbons (Fsp3) is 0.960. The molecule has 0 aromatic heterocycles. The lowest BCUT2D eigenvalue weighted by atomic mass is 10.0. The average Bonchev–Trinajstić information content (AvgIpc) is 2.79. The van der Waals surface area contributed by atoms with E-state index >= 15 is 0 Å². The predicted molar refractivity (Wildman–Crippen MR) is 142 cm³/mol. The maximum Gasteiger partial charge on any atom is 0.501 e. The minimum absolute atomic E-state index is 0.0191. The summed E-state index contributed by atoms with van der Waals surface area (Å²) in [7, 11) is -7.35. The molecule has 0 fully saturated rings. The molecule has 10 heteroatoms. The molecular weight excluding hydrogens is 488 g/mol. The molecule has 0 radical (unpaired) electrons. The highest BCUT2D eigenvalue weighted by atomic mass is 32.2. The van der Waals surface area contributed by atoms with Crippen LogP contribution in [0.4, 0.5) is 0 Å². The van der Waals surface area contributed by atoms with Gasteiger partial charge in [-0.05, 0) is 33.6 Å². The second kappa shape index (κ2) is 21.6. The number of hydrogen-bond acceptors (Lipinski definition) is 7. The first-order chi connectivity index (χ1) is 16.8. The summed E-state index contributed by atoms with van der Waals surface area (Å²) in [4.78, 5) is 12.4. The Bertz CT molecular complexity index is 598. The van der Waals surface area contributed by atoms with Crippen LogP contribution in [0.2, 0.25) is 6.04 Å². The lowest BCUT2D eigenvalue weighted by Gasteiger charge is -2.28. The minimum Gasteiger partial charge on any atom is -0.465 e. The first-order valence-electron chi connectivity index (χ1n) is 13.8. The summed E-state index contributed by atoms with van der Waals surface area (Å²) in [6.07, 6.45) is 14.3. The third-order valence-corrected chi connectivity index (χ3v) is 10.2. The highest BCUT2D eigenvalue weighted by Crippen LogP contribution is 2.19. The Morgan fingerprint density at radius 3 is 1.54 bits per heavy atom. The highest BCUT2D eigenvalue weighted by Gasteiger charge is 2.40. The topological polar surface area (TPSA) is 108 Å². The molecular formula is C25H52O8SSi. The van der Waals surface area contributed by atoms with Gasteiger partial charge in [0.15, 0.2) is 5.25 Å². The normalized spacial score (nSPS) is 13.2. The standard InChI is InChI=1S/C25H52O8SSi/c1-5-9-10-11-12-13-14-15-16-17-18-19-21-24(34(27,28)29)25(26)30-22-20-23-35(31-6-2,32-7-3)33-8-4/h24H,5-23H2,1-4H3,(H,27,28,29). The van der Waals surface area contributed by atoms with Gasteiger partial charge in [-0.25, -0.2) is 0 Å². The summed E-state index contributed by atoms with van der Waals surface area (Å²) in [6, 6.07) is 0.463. The highest BCUT2D eigenvalue weighted by molar-refractivity contribution is 7.87. The number of carbonyl (C=O) groups excluding carboxylic acids is 1. The molecule has 0 aromatic carbocycles. The van der Waals surface area contributed by atoms with Crippen molar-refractivity contribution in [2.24, 2.45) is 0 Å². The number of hydrogen-bond donors (Lipinski definition) is 1. The molecule has 1 unspecified atom stereocenters. The molecule has 0 aromatic rings. The van der Waals surface area contributed by atoms with Crippen LogP contribution in [0.25, 0.3) is 0 Å². The van der Waals surface area contributed by atoms with Crippen molar-refractivity contribution in [1.29, 1.82) is 0 Å². The molecule has 0 rings (SSSR count). The molecule has 0 aliphatic rings. The third kappa shape index (κ3) is 17.5. The molecule has 0 aliphatic heterocycles. The Kier molecular flexibility index (Phi) is 21.2. The van der Waals surface area contributed by atoms with Gasteiger partial charge >= 0.3 is 14.8 Å². The molecule has 0 saturated heterocycles. The largest absolute Gasteiger partial charge is 0.501 e. The first kappa shape index (κ1) is 34.5. The van der Waals surface area contributed by atoms with Gasteiger partial charge in [0.2, 0.25) is 0 Å². The Morgan fingerprint density at radius 1 is 0.714 bits per heavy atom. The van der Waals surface area contributed by atoms with Crippen LogP contribution < -0.4 is 0 Å². The van der Waals surface area contributed by atoms with Crippen LogP contribution in [0.3, 0.4) is 0 Å². The van der Waals surface area contributed by atoms with E-state index in [-0.39, 0.29) is 13.0 Å². The van der Waals surface area contributed by atoms with Crippen LogP contribution in [-0.2, 0) is 32.9 Å². The smallest absolute Gasteiger partial charge is 0.465 e. The number of carbonyl (C=O) groups is 1. The molecule has 0 bridgehead atoms. The van der Waals surface area contributed by atoms with Crippen LogP contribution in [0.5, 0.6) is 0 Å². The summed E-state index contributed by atoms with van der Waals surface area (Å²) in [5.41, 5.74) is 0. The number of ether oxygens (including phenoxy) is 1. The maximum absolute atomic E-state index is 12.4.